The maximum atomic E-state index is 12.4. The smallest absolute Gasteiger partial charge is 0.161 e. The van der Waals surface area contributed by atoms with Gasteiger partial charge in [-0.05, 0) is 108 Å². The van der Waals surface area contributed by atoms with Crippen molar-refractivity contribution >= 4 is 12.6 Å². The molecule has 1 saturated heterocycles. The third kappa shape index (κ3) is 8.12. The van der Waals surface area contributed by atoms with Gasteiger partial charge in [0.25, 0.3) is 0 Å². The van der Waals surface area contributed by atoms with Gasteiger partial charge in [0.15, 0.2) is 23.0 Å². The number of phenolic OH excluding ortho intramolecular Hbond substituents is 4. The van der Waals surface area contributed by atoms with Gasteiger partial charge in [0.2, 0.25) is 0 Å². The van der Waals surface area contributed by atoms with E-state index in [-0.39, 0.29) is 52.7 Å². The summed E-state index contributed by atoms with van der Waals surface area (Å²) >= 11 is 4.97. The number of piperidine rings is 1. The number of thiol groups is 1. The van der Waals surface area contributed by atoms with E-state index >= 15 is 0 Å². The number of aromatic hydroxyl groups is 4. The number of phenols is 4. The first-order valence-electron chi connectivity index (χ1n) is 21.5. The van der Waals surface area contributed by atoms with E-state index in [1.165, 1.54) is 12.1 Å². The van der Waals surface area contributed by atoms with Crippen molar-refractivity contribution < 1.29 is 44.8 Å². The van der Waals surface area contributed by atoms with Gasteiger partial charge in [-0.1, -0.05) is 52.5 Å². The van der Waals surface area contributed by atoms with Crippen LogP contribution in [-0.4, -0.2) is 115 Å². The number of benzene rings is 2. The van der Waals surface area contributed by atoms with Crippen molar-refractivity contribution in [3.05, 3.63) is 72.0 Å². The predicted octanol–water partition coefficient (Wildman–Crippen LogP) is 6.54. The highest BCUT2D eigenvalue weighted by atomic mass is 32.1. The summed E-state index contributed by atoms with van der Waals surface area (Å²) in [7, 11) is 0. The monoisotopic (exact) mass is 838 g/mol. The Kier molecular flexibility index (Phi) is 13.2. The summed E-state index contributed by atoms with van der Waals surface area (Å²) < 4.78 is 18.9. The highest BCUT2D eigenvalue weighted by Gasteiger charge is 2.63. The van der Waals surface area contributed by atoms with E-state index in [0.29, 0.717) is 102 Å². The third-order valence-corrected chi connectivity index (χ3v) is 14.8. The molecule has 0 spiro atoms. The van der Waals surface area contributed by atoms with Gasteiger partial charge in [-0.15, -0.1) is 6.58 Å². The van der Waals surface area contributed by atoms with Crippen molar-refractivity contribution in [2.24, 2.45) is 5.41 Å². The molecule has 6 rings (SSSR count). The number of aliphatic hydroxyl groups is 2. The molecule has 2 aromatic carbocycles. The van der Waals surface area contributed by atoms with Gasteiger partial charge in [0.1, 0.15) is 0 Å². The fraction of sp³-hybridized carbons (Fsp3) is 0.660. The maximum absolute atomic E-state index is 12.4. The normalized spacial score (nSPS) is 31.9. The summed E-state index contributed by atoms with van der Waals surface area (Å²) in [6.07, 6.45) is 7.93. The average Bonchev–Trinajstić information content (AvgIpc) is 3.17. The van der Waals surface area contributed by atoms with Gasteiger partial charge in [0.05, 0.1) is 60.6 Å². The van der Waals surface area contributed by atoms with Crippen LogP contribution in [-0.2, 0) is 37.9 Å². The molecule has 7 N–H and O–H groups in total. The highest BCUT2D eigenvalue weighted by molar-refractivity contribution is 7.81. The lowest BCUT2D eigenvalue weighted by molar-refractivity contribution is -0.150. The molecule has 4 aliphatic rings. The van der Waals surface area contributed by atoms with Crippen molar-refractivity contribution in [2.75, 3.05) is 39.5 Å². The van der Waals surface area contributed by atoms with Gasteiger partial charge in [0, 0.05) is 40.0 Å². The van der Waals surface area contributed by atoms with Crippen LogP contribution in [0.5, 0.6) is 23.0 Å². The summed E-state index contributed by atoms with van der Waals surface area (Å²) in [6.45, 7) is 22.8. The Labute approximate surface area is 356 Å². The number of rotatable bonds is 18. The number of nitrogens with one attached hydrogen (secondary N) is 1. The number of fused-ring (bicyclic) bond motifs is 7. The van der Waals surface area contributed by atoms with Crippen LogP contribution in [0.25, 0.3) is 0 Å². The molecular formula is C47H70N2O9S. The van der Waals surface area contributed by atoms with Crippen LogP contribution in [0, 0.1) is 5.41 Å². The standard InChI is InChI=1S/C47H70N2O9S/c1-9-20-49-21-19-46(39-31(14-16-35(51)41(39)53)23-37(49)44(46,8)54)24-32(10-2)57-27-42(5,6)26-56-28-43(7,59)29-58-33-17-18-47(55)36(48-12-4)22-30-13-15-34(50)40(52)38(30)45(47,11-3)25-33/h9,12-16,32-33,36-37,48,50-55,59H,1,4,10-11,17-29H2,2-3,5-8H3. The van der Waals surface area contributed by atoms with Crippen LogP contribution in [0.15, 0.2) is 49.7 Å². The summed E-state index contributed by atoms with van der Waals surface area (Å²) in [5, 5.41) is 71.8. The van der Waals surface area contributed by atoms with Crippen molar-refractivity contribution in [1.29, 1.82) is 0 Å². The molecule has 9 atom stereocenters. The lowest BCUT2D eigenvalue weighted by Crippen LogP contribution is -2.70. The number of likely N-dealkylation sites (tertiary alicyclic amines) is 1. The van der Waals surface area contributed by atoms with E-state index in [2.05, 4.69) is 44.1 Å². The molecule has 328 valence electrons. The molecule has 1 aliphatic heterocycles. The lowest BCUT2D eigenvalue weighted by atomic mass is 9.51. The van der Waals surface area contributed by atoms with Crippen LogP contribution < -0.4 is 5.32 Å². The molecule has 1 saturated carbocycles. The fourth-order valence-corrected chi connectivity index (χ4v) is 11.5. The highest BCUT2D eigenvalue weighted by Crippen LogP contribution is 2.60. The van der Waals surface area contributed by atoms with E-state index in [9.17, 15) is 30.6 Å². The predicted molar refractivity (Wildman–Crippen MR) is 234 cm³/mol. The summed E-state index contributed by atoms with van der Waals surface area (Å²) in [5.41, 5.74) is -1.38. The largest absolute Gasteiger partial charge is 0.504 e. The molecular weight excluding hydrogens is 769 g/mol. The number of nitrogens with zero attached hydrogens (tertiary/aromatic N) is 1. The Bertz CT molecular complexity index is 1850. The Morgan fingerprint density at radius 3 is 2.17 bits per heavy atom. The Morgan fingerprint density at radius 2 is 1.56 bits per heavy atom. The SMILES string of the molecule is C=CCN1CCC2(CC(CC)OCC(C)(C)COCC(C)(S)COC3CCC4(O)C(NC=C)Cc5ccc(O)c(O)c5C4(CC)C3)c3c(ccc(O)c3O)CC1C2(C)O. The van der Waals surface area contributed by atoms with Crippen LogP contribution in [0.4, 0.5) is 0 Å². The molecule has 1 heterocycles. The molecule has 0 amide bonds. The Hall–Kier alpha value is -2.97. The summed E-state index contributed by atoms with van der Waals surface area (Å²) in [4.78, 5) is 2.27. The molecule has 0 radical (unpaired) electrons. The zero-order valence-electron chi connectivity index (χ0n) is 36.1. The Balaban J connectivity index is 1.07. The Morgan fingerprint density at radius 1 is 0.915 bits per heavy atom. The zero-order chi connectivity index (χ0) is 43.2. The molecule has 2 aromatic rings. The van der Waals surface area contributed by atoms with Crippen molar-refractivity contribution in [1.82, 2.24) is 10.2 Å². The van der Waals surface area contributed by atoms with Gasteiger partial charge in [-0.3, -0.25) is 4.90 Å². The summed E-state index contributed by atoms with van der Waals surface area (Å²) in [5.74, 6) is -0.697. The topological polar surface area (TPSA) is 164 Å². The van der Waals surface area contributed by atoms with Crippen LogP contribution in [0.2, 0.25) is 0 Å². The van der Waals surface area contributed by atoms with Gasteiger partial charge >= 0.3 is 0 Å². The second-order valence-electron chi connectivity index (χ2n) is 19.3. The second-order valence-corrected chi connectivity index (χ2v) is 20.4. The van der Waals surface area contributed by atoms with Gasteiger partial charge in [-0.25, -0.2) is 0 Å². The lowest BCUT2D eigenvalue weighted by Gasteiger charge is -2.61. The fourth-order valence-electron chi connectivity index (χ4n) is 11.4. The van der Waals surface area contributed by atoms with Gasteiger partial charge < -0.3 is 50.2 Å². The van der Waals surface area contributed by atoms with Crippen molar-refractivity contribution in [3.8, 4) is 23.0 Å². The van der Waals surface area contributed by atoms with E-state index in [1.807, 2.05) is 39.0 Å². The van der Waals surface area contributed by atoms with Crippen LogP contribution in [0.1, 0.15) is 109 Å². The van der Waals surface area contributed by atoms with E-state index < -0.39 is 26.8 Å². The van der Waals surface area contributed by atoms with Crippen LogP contribution >= 0.6 is 12.6 Å². The number of hydrogen-bond donors (Lipinski definition) is 8. The molecule has 12 heteroatoms. The number of ether oxygens (including phenoxy) is 3. The van der Waals surface area contributed by atoms with Gasteiger partial charge in [-0.2, -0.15) is 12.6 Å². The minimum absolute atomic E-state index is 0.149. The third-order valence-electron chi connectivity index (χ3n) is 14.6. The summed E-state index contributed by atoms with van der Waals surface area (Å²) in [6, 6.07) is 6.27. The first-order valence-corrected chi connectivity index (χ1v) is 22.0. The molecule has 2 bridgehead atoms. The maximum Gasteiger partial charge on any atom is 0.161 e. The first kappa shape index (κ1) is 45.6. The van der Waals surface area contributed by atoms with Crippen molar-refractivity contribution in [2.45, 2.75) is 150 Å². The molecule has 9 unspecified atom stereocenters. The number of hydrogen-bond acceptors (Lipinski definition) is 12. The minimum Gasteiger partial charge on any atom is -0.504 e. The first-order chi connectivity index (χ1) is 27.7. The van der Waals surface area contributed by atoms with Crippen LogP contribution in [0.3, 0.4) is 0 Å². The minimum atomic E-state index is -1.20. The zero-order valence-corrected chi connectivity index (χ0v) is 37.0. The average molecular weight is 839 g/mol. The molecule has 3 aliphatic carbocycles. The molecule has 11 nitrogen and oxygen atoms in total. The second kappa shape index (κ2) is 17.1. The molecule has 2 fully saturated rings. The molecule has 59 heavy (non-hydrogen) atoms. The molecule has 0 aromatic heterocycles. The van der Waals surface area contributed by atoms with E-state index in [1.54, 1.807) is 6.20 Å². The quantitative estimate of drug-likeness (QED) is 0.0468. The van der Waals surface area contributed by atoms with Crippen molar-refractivity contribution in [3.63, 3.8) is 0 Å². The van der Waals surface area contributed by atoms with E-state index in [0.717, 1.165) is 17.7 Å². The van der Waals surface area contributed by atoms with E-state index in [4.69, 9.17) is 26.8 Å².